The molecule has 40 valence electrons. The maximum Gasteiger partial charge on any atom is 0.134 e. The van der Waals surface area contributed by atoms with E-state index in [0.717, 1.165) is 6.54 Å². The van der Waals surface area contributed by atoms with Gasteiger partial charge < -0.3 is 5.32 Å². The van der Waals surface area contributed by atoms with E-state index in [-0.39, 0.29) is 5.08 Å². The molecule has 1 heterocycles. The molecule has 0 amide bonds. The van der Waals surface area contributed by atoms with Gasteiger partial charge in [0.2, 0.25) is 0 Å². The van der Waals surface area contributed by atoms with E-state index in [0.29, 0.717) is 0 Å². The van der Waals surface area contributed by atoms with E-state index in [4.69, 9.17) is 0 Å². The van der Waals surface area contributed by atoms with E-state index in [2.05, 4.69) is 26.6 Å². The second kappa shape index (κ2) is 2.33. The van der Waals surface area contributed by atoms with Crippen LogP contribution in [-0.4, -0.2) is 11.6 Å². The zero-order valence-electron chi connectivity index (χ0n) is 3.82. The minimum Gasteiger partial charge on any atom is -0.367 e. The zero-order valence-corrected chi connectivity index (χ0v) is 5.40. The molecule has 0 saturated carbocycles. The van der Waals surface area contributed by atoms with Gasteiger partial charge in [0.15, 0.2) is 0 Å². The minimum absolute atomic E-state index is 0.262. The van der Waals surface area contributed by atoms with E-state index in [1.54, 1.807) is 0 Å². The van der Waals surface area contributed by atoms with Crippen molar-refractivity contribution >= 4 is 15.9 Å². The van der Waals surface area contributed by atoms with Crippen LogP contribution in [0.2, 0.25) is 0 Å². The molecule has 0 spiro atoms. The van der Waals surface area contributed by atoms with Gasteiger partial charge in [-0.2, -0.15) is 0 Å². The summed E-state index contributed by atoms with van der Waals surface area (Å²) in [4.78, 5) is 0. The van der Waals surface area contributed by atoms with E-state index in [9.17, 15) is 0 Å². The lowest BCUT2D eigenvalue weighted by atomic mass is 10.5. The van der Waals surface area contributed by atoms with E-state index < -0.39 is 0 Å². The van der Waals surface area contributed by atoms with Crippen molar-refractivity contribution in [2.45, 2.75) is 5.08 Å². The molecule has 0 aromatic carbocycles. The Labute approximate surface area is 51.1 Å². The van der Waals surface area contributed by atoms with Crippen LogP contribution in [0, 0.1) is 0 Å². The highest BCUT2D eigenvalue weighted by Gasteiger charge is 1.98. The topological polar surface area (TPSA) is 24.1 Å². The highest BCUT2D eigenvalue weighted by molar-refractivity contribution is 9.09. The van der Waals surface area contributed by atoms with Gasteiger partial charge in [-0.3, -0.25) is 5.32 Å². The summed E-state index contributed by atoms with van der Waals surface area (Å²) in [6.07, 6.45) is 3.95. The van der Waals surface area contributed by atoms with Gasteiger partial charge in [0.05, 0.1) is 0 Å². The van der Waals surface area contributed by atoms with Crippen LogP contribution in [0.1, 0.15) is 0 Å². The number of hydrogen-bond donors (Lipinski definition) is 2. The summed E-state index contributed by atoms with van der Waals surface area (Å²) in [5, 5.41) is 6.37. The molecular weight excluding hydrogens is 156 g/mol. The van der Waals surface area contributed by atoms with Crippen LogP contribution in [-0.2, 0) is 0 Å². The first-order valence-electron chi connectivity index (χ1n) is 2.18. The van der Waals surface area contributed by atoms with Gasteiger partial charge in [0, 0.05) is 6.54 Å². The molecule has 7 heavy (non-hydrogen) atoms. The van der Waals surface area contributed by atoms with Gasteiger partial charge in [-0.05, 0) is 22.1 Å². The van der Waals surface area contributed by atoms with Crippen LogP contribution in [0.5, 0.6) is 0 Å². The van der Waals surface area contributed by atoms with Crippen LogP contribution in [0.4, 0.5) is 0 Å². The SMILES string of the molecule is BrC1NC=CCN1. The molecule has 1 unspecified atom stereocenters. The first kappa shape index (κ1) is 5.12. The first-order chi connectivity index (χ1) is 3.39. The van der Waals surface area contributed by atoms with Crippen molar-refractivity contribution in [1.82, 2.24) is 10.6 Å². The lowest BCUT2D eigenvalue weighted by Gasteiger charge is -2.14. The summed E-state index contributed by atoms with van der Waals surface area (Å²) in [6, 6.07) is 0. The fourth-order valence-electron chi connectivity index (χ4n) is 0.442. The van der Waals surface area contributed by atoms with Crippen molar-refractivity contribution in [2.24, 2.45) is 0 Å². The Bertz CT molecular complexity index is 81.8. The van der Waals surface area contributed by atoms with Crippen LogP contribution in [0.25, 0.3) is 0 Å². The lowest BCUT2D eigenvalue weighted by Crippen LogP contribution is -2.37. The summed E-state index contributed by atoms with van der Waals surface area (Å²) in [7, 11) is 0. The molecule has 2 nitrogen and oxygen atoms in total. The average molecular weight is 163 g/mol. The summed E-state index contributed by atoms with van der Waals surface area (Å²) >= 11 is 3.31. The number of hydrogen-bond acceptors (Lipinski definition) is 2. The van der Waals surface area contributed by atoms with Crippen LogP contribution in [0.3, 0.4) is 0 Å². The molecular formula is C4H7BrN2. The molecule has 0 saturated heterocycles. The maximum atomic E-state index is 3.31. The minimum atomic E-state index is 0.262. The van der Waals surface area contributed by atoms with Crippen molar-refractivity contribution in [1.29, 1.82) is 0 Å². The van der Waals surface area contributed by atoms with Crippen molar-refractivity contribution in [3.8, 4) is 0 Å². The van der Waals surface area contributed by atoms with Crippen molar-refractivity contribution in [2.75, 3.05) is 6.54 Å². The quantitative estimate of drug-likeness (QED) is 0.398. The Hall–Kier alpha value is -0.0200. The van der Waals surface area contributed by atoms with E-state index in [1.165, 1.54) is 0 Å². The van der Waals surface area contributed by atoms with Crippen LogP contribution < -0.4 is 10.6 Å². The van der Waals surface area contributed by atoms with Gasteiger partial charge in [0.1, 0.15) is 5.08 Å². The Kier molecular flexibility index (Phi) is 1.70. The number of nitrogens with one attached hydrogen (secondary N) is 2. The standard InChI is InChI=1S/C4H7BrN2/c5-4-6-2-1-3-7-4/h1-2,4,6-7H,3H2. The van der Waals surface area contributed by atoms with Gasteiger partial charge in [0.25, 0.3) is 0 Å². The third-order valence-corrected chi connectivity index (χ3v) is 1.36. The molecule has 3 heteroatoms. The second-order valence-corrected chi connectivity index (χ2v) is 2.26. The van der Waals surface area contributed by atoms with E-state index in [1.807, 2.05) is 12.3 Å². The highest BCUT2D eigenvalue weighted by atomic mass is 79.9. The maximum absolute atomic E-state index is 3.31. The third kappa shape index (κ3) is 1.49. The summed E-state index contributed by atoms with van der Waals surface area (Å²) in [6.45, 7) is 0.947. The Morgan fingerprint density at radius 1 is 1.71 bits per heavy atom. The predicted molar refractivity (Wildman–Crippen MR) is 33.0 cm³/mol. The molecule has 1 aliphatic heterocycles. The van der Waals surface area contributed by atoms with Crippen molar-refractivity contribution in [3.05, 3.63) is 12.3 Å². The Morgan fingerprint density at radius 2 is 2.57 bits per heavy atom. The molecule has 2 N–H and O–H groups in total. The molecule has 0 fully saturated rings. The van der Waals surface area contributed by atoms with E-state index >= 15 is 0 Å². The predicted octanol–water partition coefficient (Wildman–Crippen LogP) is 0.371. The fourth-order valence-corrected chi connectivity index (χ4v) is 0.781. The van der Waals surface area contributed by atoms with Crippen LogP contribution in [0.15, 0.2) is 12.3 Å². The van der Waals surface area contributed by atoms with Gasteiger partial charge >= 0.3 is 0 Å². The molecule has 0 aliphatic carbocycles. The molecule has 1 rings (SSSR count). The average Bonchev–Trinajstić information content (AvgIpc) is 1.69. The molecule has 0 aromatic rings. The first-order valence-corrected chi connectivity index (χ1v) is 3.10. The molecule has 0 aromatic heterocycles. The van der Waals surface area contributed by atoms with Gasteiger partial charge in [-0.15, -0.1) is 0 Å². The van der Waals surface area contributed by atoms with Crippen LogP contribution >= 0.6 is 15.9 Å². The number of alkyl halides is 1. The summed E-state index contributed by atoms with van der Waals surface area (Å²) in [5.41, 5.74) is 0. The normalized spacial score (nSPS) is 29.6. The largest absolute Gasteiger partial charge is 0.367 e. The monoisotopic (exact) mass is 162 g/mol. The highest BCUT2D eigenvalue weighted by Crippen LogP contribution is 1.91. The van der Waals surface area contributed by atoms with Gasteiger partial charge in [-0.1, -0.05) is 6.08 Å². The molecule has 0 radical (unpaired) electrons. The fraction of sp³-hybridized carbons (Fsp3) is 0.500. The molecule has 1 aliphatic rings. The smallest absolute Gasteiger partial charge is 0.134 e. The lowest BCUT2D eigenvalue weighted by molar-refractivity contribution is 0.631. The number of rotatable bonds is 0. The summed E-state index contributed by atoms with van der Waals surface area (Å²) in [5.74, 6) is 0. The Balaban J connectivity index is 2.32. The summed E-state index contributed by atoms with van der Waals surface area (Å²) < 4.78 is 0. The van der Waals surface area contributed by atoms with Crippen molar-refractivity contribution in [3.63, 3.8) is 0 Å². The second-order valence-electron chi connectivity index (χ2n) is 1.34. The van der Waals surface area contributed by atoms with Crippen molar-refractivity contribution < 1.29 is 0 Å². The zero-order chi connectivity index (χ0) is 5.11. The number of halogens is 1. The molecule has 0 bridgehead atoms. The molecule has 1 atom stereocenters. The van der Waals surface area contributed by atoms with Gasteiger partial charge in [-0.25, -0.2) is 0 Å². The third-order valence-electron chi connectivity index (χ3n) is 0.775. The Morgan fingerprint density at radius 3 is 2.86 bits per heavy atom.